The number of carboxylic acids is 1. The summed E-state index contributed by atoms with van der Waals surface area (Å²) in [7, 11) is 0. The van der Waals surface area contributed by atoms with E-state index in [2.05, 4.69) is 31.2 Å². The topological polar surface area (TPSA) is 55.8 Å². The normalized spacial score (nSPS) is 23.6. The van der Waals surface area contributed by atoms with Crippen molar-refractivity contribution in [2.75, 3.05) is 0 Å². The van der Waals surface area contributed by atoms with E-state index in [1.54, 1.807) is 0 Å². The SMILES string of the molecule is Cc1cc(COc2ccc(C3CC3CC(=O)O)cc2)c2c(c1)CC1(CCCC1)O2. The fraction of sp³-hybridized carbons (Fsp3) is 0.480. The predicted octanol–water partition coefficient (Wildman–Crippen LogP) is 5.40. The molecule has 5 rings (SSSR count). The van der Waals surface area contributed by atoms with Gasteiger partial charge < -0.3 is 14.6 Å². The summed E-state index contributed by atoms with van der Waals surface area (Å²) in [5, 5.41) is 8.93. The van der Waals surface area contributed by atoms with Crippen LogP contribution in [0.25, 0.3) is 0 Å². The van der Waals surface area contributed by atoms with Crippen LogP contribution in [-0.4, -0.2) is 16.7 Å². The molecular formula is C25H28O4. The molecule has 1 spiro atoms. The van der Waals surface area contributed by atoms with Crippen LogP contribution in [0, 0.1) is 12.8 Å². The molecule has 4 heteroatoms. The summed E-state index contributed by atoms with van der Waals surface area (Å²) in [4.78, 5) is 10.9. The first-order valence-corrected chi connectivity index (χ1v) is 10.8. The maximum absolute atomic E-state index is 10.9. The summed E-state index contributed by atoms with van der Waals surface area (Å²) in [6, 6.07) is 12.6. The van der Waals surface area contributed by atoms with E-state index in [4.69, 9.17) is 14.6 Å². The van der Waals surface area contributed by atoms with Crippen molar-refractivity contribution < 1.29 is 19.4 Å². The van der Waals surface area contributed by atoms with Crippen LogP contribution in [-0.2, 0) is 17.8 Å². The van der Waals surface area contributed by atoms with Gasteiger partial charge in [0, 0.05) is 18.4 Å². The van der Waals surface area contributed by atoms with Crippen molar-refractivity contribution in [3.63, 3.8) is 0 Å². The predicted molar refractivity (Wildman–Crippen MR) is 111 cm³/mol. The van der Waals surface area contributed by atoms with Gasteiger partial charge in [0.05, 0.1) is 0 Å². The number of ether oxygens (including phenoxy) is 2. The van der Waals surface area contributed by atoms with Gasteiger partial charge in [-0.15, -0.1) is 0 Å². The minimum absolute atomic E-state index is 0.0310. The molecule has 152 valence electrons. The molecule has 0 bridgehead atoms. The summed E-state index contributed by atoms with van der Waals surface area (Å²) in [6.07, 6.45) is 7.12. The number of aliphatic carboxylic acids is 1. The molecule has 1 N–H and O–H groups in total. The summed E-state index contributed by atoms with van der Waals surface area (Å²) in [5.41, 5.74) is 4.97. The molecule has 2 fully saturated rings. The second kappa shape index (κ2) is 7.08. The van der Waals surface area contributed by atoms with Crippen LogP contribution in [0.1, 0.15) is 66.7 Å². The van der Waals surface area contributed by atoms with Gasteiger partial charge in [0.1, 0.15) is 23.7 Å². The Kier molecular flexibility index (Phi) is 4.53. The zero-order chi connectivity index (χ0) is 20.0. The Morgan fingerprint density at radius 3 is 2.69 bits per heavy atom. The fourth-order valence-corrected chi connectivity index (χ4v) is 5.27. The lowest BCUT2D eigenvalue weighted by molar-refractivity contribution is -0.137. The zero-order valence-electron chi connectivity index (χ0n) is 16.9. The largest absolute Gasteiger partial charge is 0.489 e. The monoisotopic (exact) mass is 392 g/mol. The first-order valence-electron chi connectivity index (χ1n) is 10.8. The molecule has 0 aromatic heterocycles. The Hall–Kier alpha value is -2.49. The van der Waals surface area contributed by atoms with Gasteiger partial charge in [-0.1, -0.05) is 23.8 Å². The quantitative estimate of drug-likeness (QED) is 0.715. The van der Waals surface area contributed by atoms with Gasteiger partial charge in [-0.3, -0.25) is 4.79 Å². The average Bonchev–Trinajstić information content (AvgIpc) is 3.13. The van der Waals surface area contributed by atoms with Gasteiger partial charge in [-0.2, -0.15) is 0 Å². The third kappa shape index (κ3) is 3.73. The van der Waals surface area contributed by atoms with Gasteiger partial charge in [0.25, 0.3) is 0 Å². The molecule has 2 saturated carbocycles. The van der Waals surface area contributed by atoms with Crippen molar-refractivity contribution in [2.24, 2.45) is 5.92 Å². The van der Waals surface area contributed by atoms with Crippen molar-refractivity contribution in [1.29, 1.82) is 0 Å². The zero-order valence-corrected chi connectivity index (χ0v) is 16.9. The molecule has 3 aliphatic rings. The highest BCUT2D eigenvalue weighted by atomic mass is 16.5. The van der Waals surface area contributed by atoms with E-state index < -0.39 is 5.97 Å². The van der Waals surface area contributed by atoms with Crippen LogP contribution < -0.4 is 9.47 Å². The summed E-state index contributed by atoms with van der Waals surface area (Å²) >= 11 is 0. The summed E-state index contributed by atoms with van der Waals surface area (Å²) in [6.45, 7) is 2.64. The number of carboxylic acid groups (broad SMARTS) is 1. The van der Waals surface area contributed by atoms with Crippen molar-refractivity contribution in [1.82, 2.24) is 0 Å². The third-order valence-electron chi connectivity index (χ3n) is 6.80. The highest BCUT2D eigenvalue weighted by molar-refractivity contribution is 5.68. The minimum Gasteiger partial charge on any atom is -0.489 e. The Bertz CT molecular complexity index is 925. The minimum atomic E-state index is -0.704. The van der Waals surface area contributed by atoms with Gasteiger partial charge in [-0.25, -0.2) is 0 Å². The van der Waals surface area contributed by atoms with Crippen LogP contribution in [0.4, 0.5) is 0 Å². The van der Waals surface area contributed by atoms with Crippen LogP contribution in [0.2, 0.25) is 0 Å². The molecule has 29 heavy (non-hydrogen) atoms. The molecule has 2 aliphatic carbocycles. The van der Waals surface area contributed by atoms with E-state index in [-0.39, 0.29) is 17.9 Å². The smallest absolute Gasteiger partial charge is 0.303 e. The molecule has 2 unspecified atom stereocenters. The number of fused-ring (bicyclic) bond motifs is 1. The van der Waals surface area contributed by atoms with E-state index in [1.807, 2.05) is 12.1 Å². The van der Waals surface area contributed by atoms with Crippen LogP contribution in [0.15, 0.2) is 36.4 Å². The van der Waals surface area contributed by atoms with Gasteiger partial charge in [0.2, 0.25) is 0 Å². The van der Waals surface area contributed by atoms with E-state index >= 15 is 0 Å². The van der Waals surface area contributed by atoms with E-state index in [0.29, 0.717) is 12.5 Å². The highest BCUT2D eigenvalue weighted by Crippen LogP contribution is 2.50. The molecular weight excluding hydrogens is 364 g/mol. The molecule has 2 aromatic rings. The van der Waals surface area contributed by atoms with Gasteiger partial charge in [-0.05, 0) is 80.2 Å². The van der Waals surface area contributed by atoms with E-state index in [1.165, 1.54) is 29.5 Å². The number of benzene rings is 2. The number of aryl methyl sites for hydroxylation is 1. The maximum Gasteiger partial charge on any atom is 0.303 e. The van der Waals surface area contributed by atoms with Gasteiger partial charge >= 0.3 is 5.97 Å². The van der Waals surface area contributed by atoms with Crippen molar-refractivity contribution >= 4 is 5.97 Å². The molecule has 4 nitrogen and oxygen atoms in total. The molecule has 2 atom stereocenters. The molecule has 0 radical (unpaired) electrons. The molecule has 0 saturated heterocycles. The Morgan fingerprint density at radius 1 is 1.21 bits per heavy atom. The fourth-order valence-electron chi connectivity index (χ4n) is 5.27. The van der Waals surface area contributed by atoms with Crippen LogP contribution in [0.5, 0.6) is 11.5 Å². The van der Waals surface area contributed by atoms with E-state index in [0.717, 1.165) is 42.7 Å². The summed E-state index contributed by atoms with van der Waals surface area (Å²) < 4.78 is 12.6. The van der Waals surface area contributed by atoms with Crippen molar-refractivity contribution in [2.45, 2.75) is 70.0 Å². The molecule has 0 amide bonds. The van der Waals surface area contributed by atoms with Crippen LogP contribution >= 0.6 is 0 Å². The second-order valence-electron chi connectivity index (χ2n) is 9.14. The van der Waals surface area contributed by atoms with E-state index in [9.17, 15) is 4.79 Å². The van der Waals surface area contributed by atoms with Crippen molar-refractivity contribution in [3.05, 3.63) is 58.7 Å². The second-order valence-corrected chi connectivity index (χ2v) is 9.14. The summed E-state index contributed by atoms with van der Waals surface area (Å²) in [5.74, 6) is 1.85. The lowest BCUT2D eigenvalue weighted by atomic mass is 9.94. The Morgan fingerprint density at radius 2 is 1.97 bits per heavy atom. The first-order chi connectivity index (χ1) is 14.0. The number of hydrogen-bond donors (Lipinski definition) is 1. The lowest BCUT2D eigenvalue weighted by Crippen LogP contribution is -2.30. The molecule has 2 aromatic carbocycles. The third-order valence-corrected chi connectivity index (χ3v) is 6.80. The lowest BCUT2D eigenvalue weighted by Gasteiger charge is -2.23. The average molecular weight is 392 g/mol. The number of rotatable bonds is 6. The molecule has 1 aliphatic heterocycles. The highest BCUT2D eigenvalue weighted by Gasteiger charge is 2.42. The van der Waals surface area contributed by atoms with Gasteiger partial charge in [0.15, 0.2) is 0 Å². The van der Waals surface area contributed by atoms with Crippen molar-refractivity contribution in [3.8, 4) is 11.5 Å². The number of hydrogen-bond acceptors (Lipinski definition) is 3. The Balaban J connectivity index is 1.25. The first kappa shape index (κ1) is 18.5. The Labute approximate surface area is 171 Å². The maximum atomic E-state index is 10.9. The van der Waals surface area contributed by atoms with Crippen LogP contribution in [0.3, 0.4) is 0 Å². The number of carbonyl (C=O) groups is 1. The molecule has 1 heterocycles. The standard InChI is InChI=1S/C25H28O4/c1-16-10-19-14-25(8-2-3-9-25)29-24(19)20(11-16)15-28-21-6-4-17(5-7-21)22-12-18(22)13-23(26)27/h4-7,10-11,18,22H,2-3,8-9,12-15H2,1H3,(H,26,27).